The Bertz CT molecular complexity index is 892. The number of alkyl halides is 1. The molecule has 1 N–H and O–H groups in total. The predicted molar refractivity (Wildman–Crippen MR) is 115 cm³/mol. The number of hydrogen-bond donors (Lipinski definition) is 1. The van der Waals surface area contributed by atoms with Crippen molar-refractivity contribution >= 4 is 0 Å². The van der Waals surface area contributed by atoms with Crippen molar-refractivity contribution in [2.75, 3.05) is 19.8 Å². The summed E-state index contributed by atoms with van der Waals surface area (Å²) in [6, 6.07) is 20.8. The number of ether oxygens (including phenoxy) is 1. The largest absolute Gasteiger partial charge is 0.494 e. The lowest BCUT2D eigenvalue weighted by molar-refractivity contribution is 0.317. The van der Waals surface area contributed by atoms with E-state index in [0.29, 0.717) is 31.7 Å². The first-order valence-corrected chi connectivity index (χ1v) is 10.1. The highest BCUT2D eigenvalue weighted by Gasteiger charge is 2.08. The van der Waals surface area contributed by atoms with Crippen molar-refractivity contribution in [1.82, 2.24) is 5.32 Å². The molecule has 0 aliphatic rings. The van der Waals surface area contributed by atoms with Crippen LogP contribution in [0.15, 0.2) is 66.7 Å². The van der Waals surface area contributed by atoms with Gasteiger partial charge in [-0.3, -0.25) is 4.39 Å². The smallest absolute Gasteiger partial charge is 0.131 e. The molecular weight excluding hydrogens is 368 g/mol. The SMILES string of the molecule is CCCOc1ccc(-c2ccc(-c3ccc(CNCCCF)cc3)c(F)c2)cc1. The number of halogens is 2. The first-order chi connectivity index (χ1) is 14.2. The second-order valence-corrected chi connectivity index (χ2v) is 6.98. The van der Waals surface area contributed by atoms with Gasteiger partial charge in [-0.2, -0.15) is 0 Å². The standard InChI is InChI=1S/C25H27F2NO/c1-2-16-29-23-11-8-20(9-12-23)22-10-13-24(25(27)17-22)21-6-4-19(5-7-21)18-28-15-3-14-26/h4-13,17,28H,2-3,14-16,18H2,1H3. The first-order valence-electron chi connectivity index (χ1n) is 10.1. The summed E-state index contributed by atoms with van der Waals surface area (Å²) in [5.74, 6) is 0.578. The van der Waals surface area contributed by atoms with E-state index in [0.717, 1.165) is 34.4 Å². The molecule has 0 amide bonds. The summed E-state index contributed by atoms with van der Waals surface area (Å²) in [7, 11) is 0. The van der Waals surface area contributed by atoms with Crippen LogP contribution in [-0.2, 0) is 6.54 Å². The maximum Gasteiger partial charge on any atom is 0.131 e. The molecule has 0 heterocycles. The first kappa shape index (κ1) is 21.0. The average molecular weight is 395 g/mol. The third-order valence-corrected chi connectivity index (χ3v) is 4.71. The summed E-state index contributed by atoms with van der Waals surface area (Å²) < 4.78 is 32.5. The number of hydrogen-bond acceptors (Lipinski definition) is 2. The molecule has 0 radical (unpaired) electrons. The fourth-order valence-corrected chi connectivity index (χ4v) is 3.12. The Hall–Kier alpha value is -2.72. The molecule has 3 aromatic rings. The summed E-state index contributed by atoms with van der Waals surface area (Å²) in [6.45, 7) is 3.78. The highest BCUT2D eigenvalue weighted by molar-refractivity contribution is 5.71. The second kappa shape index (κ2) is 10.7. The zero-order chi connectivity index (χ0) is 20.5. The molecule has 29 heavy (non-hydrogen) atoms. The fourth-order valence-electron chi connectivity index (χ4n) is 3.12. The molecule has 0 unspecified atom stereocenters. The Balaban J connectivity index is 1.69. The lowest BCUT2D eigenvalue weighted by Gasteiger charge is -2.09. The Morgan fingerprint density at radius 2 is 1.55 bits per heavy atom. The van der Waals surface area contributed by atoms with Gasteiger partial charge in [-0.25, -0.2) is 4.39 Å². The van der Waals surface area contributed by atoms with Gasteiger partial charge in [-0.05, 0) is 59.8 Å². The number of nitrogens with one attached hydrogen (secondary N) is 1. The topological polar surface area (TPSA) is 21.3 Å². The molecule has 3 rings (SSSR count). The highest BCUT2D eigenvalue weighted by atomic mass is 19.1. The Kier molecular flexibility index (Phi) is 7.77. The predicted octanol–water partition coefficient (Wildman–Crippen LogP) is 6.40. The zero-order valence-electron chi connectivity index (χ0n) is 16.8. The molecule has 4 heteroatoms. The van der Waals surface area contributed by atoms with Gasteiger partial charge >= 0.3 is 0 Å². The van der Waals surface area contributed by atoms with E-state index in [1.54, 1.807) is 6.07 Å². The summed E-state index contributed by atoms with van der Waals surface area (Å²) in [6.07, 6.45) is 1.48. The van der Waals surface area contributed by atoms with Crippen molar-refractivity contribution in [2.24, 2.45) is 0 Å². The van der Waals surface area contributed by atoms with Crippen LogP contribution < -0.4 is 10.1 Å². The van der Waals surface area contributed by atoms with E-state index < -0.39 is 0 Å². The van der Waals surface area contributed by atoms with Crippen molar-refractivity contribution in [3.8, 4) is 28.0 Å². The molecule has 0 aliphatic heterocycles. The molecule has 0 aliphatic carbocycles. The van der Waals surface area contributed by atoms with Gasteiger partial charge in [-0.1, -0.05) is 55.5 Å². The molecule has 0 bridgehead atoms. The molecule has 0 aromatic heterocycles. The Labute approximate surface area is 171 Å². The second-order valence-electron chi connectivity index (χ2n) is 6.98. The van der Waals surface area contributed by atoms with Gasteiger partial charge in [0.2, 0.25) is 0 Å². The van der Waals surface area contributed by atoms with Gasteiger partial charge in [0.15, 0.2) is 0 Å². The van der Waals surface area contributed by atoms with E-state index in [4.69, 9.17) is 4.74 Å². The molecule has 0 atom stereocenters. The van der Waals surface area contributed by atoms with Crippen LogP contribution in [0.3, 0.4) is 0 Å². The molecule has 2 nitrogen and oxygen atoms in total. The maximum absolute atomic E-state index is 14.8. The molecule has 0 saturated heterocycles. The van der Waals surface area contributed by atoms with Crippen molar-refractivity contribution in [2.45, 2.75) is 26.3 Å². The van der Waals surface area contributed by atoms with Gasteiger partial charge in [0.25, 0.3) is 0 Å². The van der Waals surface area contributed by atoms with Crippen LogP contribution in [0.1, 0.15) is 25.3 Å². The summed E-state index contributed by atoms with van der Waals surface area (Å²) >= 11 is 0. The van der Waals surface area contributed by atoms with E-state index in [1.165, 1.54) is 0 Å². The van der Waals surface area contributed by atoms with Crippen LogP contribution in [0.4, 0.5) is 8.78 Å². The van der Waals surface area contributed by atoms with Gasteiger partial charge in [-0.15, -0.1) is 0 Å². The molecule has 0 saturated carbocycles. The van der Waals surface area contributed by atoms with Crippen LogP contribution in [0.25, 0.3) is 22.3 Å². The van der Waals surface area contributed by atoms with Gasteiger partial charge in [0.05, 0.1) is 13.3 Å². The lowest BCUT2D eigenvalue weighted by Crippen LogP contribution is -2.14. The van der Waals surface area contributed by atoms with E-state index in [2.05, 4.69) is 12.2 Å². The summed E-state index contributed by atoms with van der Waals surface area (Å²) in [4.78, 5) is 0. The maximum atomic E-state index is 14.8. The van der Waals surface area contributed by atoms with Crippen LogP contribution >= 0.6 is 0 Å². The van der Waals surface area contributed by atoms with Crippen LogP contribution in [0.5, 0.6) is 5.75 Å². The lowest BCUT2D eigenvalue weighted by atomic mass is 9.99. The average Bonchev–Trinajstić information content (AvgIpc) is 2.76. The van der Waals surface area contributed by atoms with E-state index in [1.807, 2.05) is 60.7 Å². The van der Waals surface area contributed by atoms with Crippen LogP contribution in [0.2, 0.25) is 0 Å². The van der Waals surface area contributed by atoms with Crippen molar-refractivity contribution < 1.29 is 13.5 Å². The van der Waals surface area contributed by atoms with Crippen molar-refractivity contribution in [1.29, 1.82) is 0 Å². The summed E-state index contributed by atoms with van der Waals surface area (Å²) in [5.41, 5.74) is 4.30. The van der Waals surface area contributed by atoms with Gasteiger partial charge in [0.1, 0.15) is 11.6 Å². The molecule has 0 fully saturated rings. The van der Waals surface area contributed by atoms with E-state index in [9.17, 15) is 8.78 Å². The third kappa shape index (κ3) is 5.88. The molecule has 0 spiro atoms. The Morgan fingerprint density at radius 1 is 0.862 bits per heavy atom. The van der Waals surface area contributed by atoms with Crippen molar-refractivity contribution in [3.63, 3.8) is 0 Å². The Morgan fingerprint density at radius 3 is 2.21 bits per heavy atom. The molecule has 152 valence electrons. The van der Waals surface area contributed by atoms with E-state index in [-0.39, 0.29) is 12.5 Å². The van der Waals surface area contributed by atoms with Crippen molar-refractivity contribution in [3.05, 3.63) is 78.1 Å². The van der Waals surface area contributed by atoms with Gasteiger partial charge < -0.3 is 10.1 Å². The highest BCUT2D eigenvalue weighted by Crippen LogP contribution is 2.29. The third-order valence-electron chi connectivity index (χ3n) is 4.71. The van der Waals surface area contributed by atoms with Gasteiger partial charge in [0, 0.05) is 12.1 Å². The molecule has 3 aromatic carbocycles. The fraction of sp³-hybridized carbons (Fsp3) is 0.280. The summed E-state index contributed by atoms with van der Waals surface area (Å²) in [5, 5.41) is 3.19. The number of benzene rings is 3. The van der Waals surface area contributed by atoms with Crippen LogP contribution in [-0.4, -0.2) is 19.8 Å². The quantitative estimate of drug-likeness (QED) is 0.401. The minimum absolute atomic E-state index is 0.248. The van der Waals surface area contributed by atoms with E-state index >= 15 is 0 Å². The molecular formula is C25H27F2NO. The minimum atomic E-state index is -0.308. The number of rotatable bonds is 10. The zero-order valence-corrected chi connectivity index (χ0v) is 16.8. The minimum Gasteiger partial charge on any atom is -0.494 e. The monoisotopic (exact) mass is 395 g/mol. The normalized spacial score (nSPS) is 10.9. The van der Waals surface area contributed by atoms with Crippen LogP contribution in [0, 0.1) is 5.82 Å².